The van der Waals surface area contributed by atoms with Gasteiger partial charge in [0.25, 0.3) is 0 Å². The van der Waals surface area contributed by atoms with Gasteiger partial charge < -0.3 is 10.0 Å². The first kappa shape index (κ1) is 10.1. The summed E-state index contributed by atoms with van der Waals surface area (Å²) in [5, 5.41) is 9.61. The van der Waals surface area contributed by atoms with Crippen LogP contribution in [-0.2, 0) is 0 Å². The third-order valence-electron chi connectivity index (χ3n) is 3.02. The predicted molar refractivity (Wildman–Crippen MR) is 61.5 cm³/mol. The maximum Gasteiger partial charge on any atom is 0.230 e. The number of carbonyl (C=O) groups excluding carboxylic acids is 1. The molecule has 1 saturated heterocycles. The summed E-state index contributed by atoms with van der Waals surface area (Å²) in [4.78, 5) is 21.2. The zero-order valence-corrected chi connectivity index (χ0v) is 9.20. The highest BCUT2D eigenvalue weighted by Gasteiger charge is 2.19. The number of carbonyl (C=O) groups is 1. The number of fused-ring (bicyclic) bond motifs is 1. The highest BCUT2D eigenvalue weighted by molar-refractivity contribution is 5.77. The Morgan fingerprint density at radius 1 is 1.35 bits per heavy atom. The number of rotatable bonds is 2. The Morgan fingerprint density at radius 2 is 2.12 bits per heavy atom. The summed E-state index contributed by atoms with van der Waals surface area (Å²) in [7, 11) is 0. The topological polar surface area (TPSA) is 70.7 Å². The van der Waals surface area contributed by atoms with Gasteiger partial charge in [0.1, 0.15) is 5.69 Å². The van der Waals surface area contributed by atoms with Crippen molar-refractivity contribution in [1.82, 2.24) is 14.4 Å². The van der Waals surface area contributed by atoms with E-state index in [4.69, 9.17) is 0 Å². The van der Waals surface area contributed by atoms with E-state index in [0.29, 0.717) is 23.4 Å². The zero-order valence-electron chi connectivity index (χ0n) is 9.20. The van der Waals surface area contributed by atoms with Crippen LogP contribution >= 0.6 is 0 Å². The Kier molecular flexibility index (Phi) is 2.21. The van der Waals surface area contributed by atoms with Gasteiger partial charge in [0, 0.05) is 13.1 Å². The zero-order chi connectivity index (χ0) is 11.8. The summed E-state index contributed by atoms with van der Waals surface area (Å²) in [5.74, 6) is 0.552. The monoisotopic (exact) mass is 232 g/mol. The molecule has 0 aliphatic carbocycles. The van der Waals surface area contributed by atoms with Crippen molar-refractivity contribution >= 4 is 17.8 Å². The molecule has 3 heterocycles. The highest BCUT2D eigenvalue weighted by Crippen LogP contribution is 2.25. The molecule has 0 unspecified atom stereocenters. The average molecular weight is 232 g/mol. The SMILES string of the molecule is O=Cc1cnc2c(N3CCCC3)nc(O)cn12. The minimum atomic E-state index is -0.0968. The van der Waals surface area contributed by atoms with Gasteiger partial charge >= 0.3 is 0 Å². The third-order valence-corrected chi connectivity index (χ3v) is 3.02. The van der Waals surface area contributed by atoms with Crippen LogP contribution in [0.1, 0.15) is 23.3 Å². The maximum absolute atomic E-state index is 10.8. The first-order chi connectivity index (χ1) is 8.29. The van der Waals surface area contributed by atoms with Gasteiger partial charge in [-0.3, -0.25) is 9.20 Å². The fourth-order valence-corrected chi connectivity index (χ4v) is 2.21. The fourth-order valence-electron chi connectivity index (χ4n) is 2.21. The number of aromatic hydroxyl groups is 1. The molecule has 1 aliphatic heterocycles. The molecule has 0 atom stereocenters. The Hall–Kier alpha value is -2.11. The lowest BCUT2D eigenvalue weighted by atomic mass is 10.4. The van der Waals surface area contributed by atoms with Crippen LogP contribution in [-0.4, -0.2) is 38.9 Å². The van der Waals surface area contributed by atoms with Crippen molar-refractivity contribution in [3.63, 3.8) is 0 Å². The highest BCUT2D eigenvalue weighted by atomic mass is 16.3. The smallest absolute Gasteiger partial charge is 0.230 e. The minimum Gasteiger partial charge on any atom is -0.492 e. The first-order valence-corrected chi connectivity index (χ1v) is 5.57. The largest absolute Gasteiger partial charge is 0.492 e. The molecule has 1 fully saturated rings. The first-order valence-electron chi connectivity index (χ1n) is 5.57. The standard InChI is InChI=1S/C11H12N4O2/c16-7-8-5-12-10-11(14-3-1-2-4-14)13-9(17)6-15(8)10/h5-7,17H,1-4H2. The summed E-state index contributed by atoms with van der Waals surface area (Å²) in [6.07, 6.45) is 5.84. The summed E-state index contributed by atoms with van der Waals surface area (Å²) >= 11 is 0. The number of aldehydes is 1. The molecule has 0 radical (unpaired) electrons. The second-order valence-electron chi connectivity index (χ2n) is 4.11. The van der Waals surface area contributed by atoms with Crippen LogP contribution in [0.2, 0.25) is 0 Å². The summed E-state index contributed by atoms with van der Waals surface area (Å²) < 4.78 is 1.57. The normalized spacial score (nSPS) is 15.6. The molecule has 3 rings (SSSR count). The number of anilines is 1. The van der Waals surface area contributed by atoms with E-state index in [1.54, 1.807) is 4.40 Å². The maximum atomic E-state index is 10.8. The van der Waals surface area contributed by atoms with Gasteiger partial charge in [-0.25, -0.2) is 4.98 Å². The Bertz CT molecular complexity index is 572. The minimum absolute atomic E-state index is 0.0968. The lowest BCUT2D eigenvalue weighted by Crippen LogP contribution is -2.20. The number of hydrogen-bond donors (Lipinski definition) is 1. The van der Waals surface area contributed by atoms with Crippen molar-refractivity contribution in [1.29, 1.82) is 0 Å². The van der Waals surface area contributed by atoms with E-state index in [-0.39, 0.29) is 5.88 Å². The molecule has 2 aromatic rings. The third kappa shape index (κ3) is 1.52. The molecule has 0 aromatic carbocycles. The molecule has 2 aromatic heterocycles. The van der Waals surface area contributed by atoms with E-state index in [9.17, 15) is 9.90 Å². The van der Waals surface area contributed by atoms with Crippen LogP contribution in [0.4, 0.5) is 5.82 Å². The van der Waals surface area contributed by atoms with E-state index in [1.165, 1.54) is 12.4 Å². The molecule has 17 heavy (non-hydrogen) atoms. The van der Waals surface area contributed by atoms with Gasteiger partial charge in [0.15, 0.2) is 17.8 Å². The van der Waals surface area contributed by atoms with Crippen molar-refractivity contribution in [2.45, 2.75) is 12.8 Å². The van der Waals surface area contributed by atoms with Crippen LogP contribution in [0.5, 0.6) is 5.88 Å². The lowest BCUT2D eigenvalue weighted by Gasteiger charge is -2.16. The van der Waals surface area contributed by atoms with Crippen molar-refractivity contribution in [2.75, 3.05) is 18.0 Å². The predicted octanol–water partition coefficient (Wildman–Crippen LogP) is 0.848. The van der Waals surface area contributed by atoms with Gasteiger partial charge in [-0.05, 0) is 12.8 Å². The molecule has 0 saturated carbocycles. The summed E-state index contributed by atoms with van der Waals surface area (Å²) in [6.45, 7) is 1.82. The summed E-state index contributed by atoms with van der Waals surface area (Å²) in [5.41, 5.74) is 1.03. The van der Waals surface area contributed by atoms with Crippen LogP contribution in [0.25, 0.3) is 5.65 Å². The molecule has 0 amide bonds. The molecule has 0 bridgehead atoms. The fraction of sp³-hybridized carbons (Fsp3) is 0.364. The van der Waals surface area contributed by atoms with Crippen LogP contribution in [0.3, 0.4) is 0 Å². The number of imidazole rings is 1. The van der Waals surface area contributed by atoms with Crippen molar-refractivity contribution < 1.29 is 9.90 Å². The number of hydrogen-bond acceptors (Lipinski definition) is 5. The average Bonchev–Trinajstić information content (AvgIpc) is 2.96. The van der Waals surface area contributed by atoms with Crippen molar-refractivity contribution in [2.24, 2.45) is 0 Å². The van der Waals surface area contributed by atoms with Crippen molar-refractivity contribution in [3.05, 3.63) is 18.1 Å². The molecule has 6 nitrogen and oxygen atoms in total. The van der Waals surface area contributed by atoms with E-state index in [2.05, 4.69) is 14.9 Å². The number of nitrogens with zero attached hydrogens (tertiary/aromatic N) is 4. The van der Waals surface area contributed by atoms with Gasteiger partial charge in [-0.1, -0.05) is 0 Å². The van der Waals surface area contributed by atoms with Gasteiger partial charge in [0.05, 0.1) is 12.4 Å². The Labute approximate surface area is 97.5 Å². The van der Waals surface area contributed by atoms with Crippen LogP contribution in [0, 0.1) is 0 Å². The second-order valence-corrected chi connectivity index (χ2v) is 4.11. The van der Waals surface area contributed by atoms with E-state index in [1.807, 2.05) is 0 Å². The lowest BCUT2D eigenvalue weighted by molar-refractivity contribution is 0.111. The van der Waals surface area contributed by atoms with Gasteiger partial charge in [-0.15, -0.1) is 0 Å². The second kappa shape index (κ2) is 3.73. The Balaban J connectivity index is 2.22. The molecule has 88 valence electrons. The van der Waals surface area contributed by atoms with Crippen molar-refractivity contribution in [3.8, 4) is 5.88 Å². The van der Waals surface area contributed by atoms with E-state index >= 15 is 0 Å². The number of aromatic nitrogens is 3. The van der Waals surface area contributed by atoms with Gasteiger partial charge in [0.2, 0.25) is 5.88 Å². The molecular formula is C11H12N4O2. The summed E-state index contributed by atoms with van der Waals surface area (Å²) in [6, 6.07) is 0. The molecule has 1 aliphatic rings. The molecule has 1 N–H and O–H groups in total. The quantitative estimate of drug-likeness (QED) is 0.777. The van der Waals surface area contributed by atoms with E-state index in [0.717, 1.165) is 25.9 Å². The molecular weight excluding hydrogens is 220 g/mol. The molecule has 6 heteroatoms. The van der Waals surface area contributed by atoms with Gasteiger partial charge in [-0.2, -0.15) is 4.98 Å². The van der Waals surface area contributed by atoms with Crippen LogP contribution in [0.15, 0.2) is 12.4 Å². The molecule has 0 spiro atoms. The Morgan fingerprint density at radius 3 is 2.82 bits per heavy atom. The van der Waals surface area contributed by atoms with E-state index < -0.39 is 0 Å². The van der Waals surface area contributed by atoms with Crippen LogP contribution < -0.4 is 4.90 Å².